The predicted octanol–water partition coefficient (Wildman–Crippen LogP) is -0.0511. The van der Waals surface area contributed by atoms with Crippen LogP contribution in [0.25, 0.3) is 0 Å². The van der Waals surface area contributed by atoms with Crippen LogP contribution >= 0.6 is 0 Å². The second kappa shape index (κ2) is 6.58. The lowest BCUT2D eigenvalue weighted by Gasteiger charge is -2.38. The summed E-state index contributed by atoms with van der Waals surface area (Å²) in [6, 6.07) is 0. The standard InChI is InChI=1S/C12H23N4O2/c1-3-6-15-10(17)12(4-7-18-8-5-12)9-16(2)11(13)14/h1,3-9H2,2H3,(H3,13,14)(H,15,17). The lowest BCUT2D eigenvalue weighted by atomic mass is 9.78. The van der Waals surface area contributed by atoms with Crippen molar-refractivity contribution in [3.8, 4) is 0 Å². The van der Waals surface area contributed by atoms with Gasteiger partial charge in [0.25, 0.3) is 0 Å². The van der Waals surface area contributed by atoms with Crippen molar-refractivity contribution < 1.29 is 9.53 Å². The molecule has 4 N–H and O–H groups in total. The number of guanidine groups is 1. The van der Waals surface area contributed by atoms with Crippen molar-refractivity contribution in [2.24, 2.45) is 11.1 Å². The highest BCUT2D eigenvalue weighted by Gasteiger charge is 2.41. The fourth-order valence-electron chi connectivity index (χ4n) is 2.15. The molecule has 0 aliphatic carbocycles. The fourth-order valence-corrected chi connectivity index (χ4v) is 2.15. The maximum absolute atomic E-state index is 12.3. The van der Waals surface area contributed by atoms with Crippen LogP contribution < -0.4 is 11.1 Å². The third-order valence-corrected chi connectivity index (χ3v) is 3.34. The summed E-state index contributed by atoms with van der Waals surface area (Å²) in [6.07, 6.45) is 1.99. The molecule has 1 aliphatic heterocycles. The van der Waals surface area contributed by atoms with E-state index in [1.165, 1.54) is 0 Å². The molecule has 0 aromatic heterocycles. The van der Waals surface area contributed by atoms with E-state index in [2.05, 4.69) is 12.2 Å². The van der Waals surface area contributed by atoms with Crippen LogP contribution in [0, 0.1) is 17.7 Å². The van der Waals surface area contributed by atoms with Gasteiger partial charge in [0, 0.05) is 33.4 Å². The van der Waals surface area contributed by atoms with Gasteiger partial charge in [-0.15, -0.1) is 0 Å². The molecule has 6 heteroatoms. The average molecular weight is 255 g/mol. The molecule has 0 saturated carbocycles. The summed E-state index contributed by atoms with van der Waals surface area (Å²) in [5.74, 6) is -0.00613. The molecule has 1 amide bonds. The fraction of sp³-hybridized carbons (Fsp3) is 0.750. The van der Waals surface area contributed by atoms with Gasteiger partial charge in [-0.3, -0.25) is 10.2 Å². The van der Waals surface area contributed by atoms with Gasteiger partial charge in [-0.2, -0.15) is 0 Å². The molecule has 6 nitrogen and oxygen atoms in total. The van der Waals surface area contributed by atoms with Crippen molar-refractivity contribution in [1.29, 1.82) is 5.41 Å². The normalized spacial score (nSPS) is 18.1. The zero-order valence-electron chi connectivity index (χ0n) is 11.0. The number of nitrogens with one attached hydrogen (secondary N) is 2. The Bertz CT molecular complexity index is 300. The highest BCUT2D eigenvalue weighted by Crippen LogP contribution is 2.31. The molecule has 18 heavy (non-hydrogen) atoms. The van der Waals surface area contributed by atoms with Gasteiger partial charge < -0.3 is 20.7 Å². The smallest absolute Gasteiger partial charge is 0.228 e. The molecule has 0 spiro atoms. The van der Waals surface area contributed by atoms with Gasteiger partial charge in [0.1, 0.15) is 0 Å². The molecule has 1 heterocycles. The minimum Gasteiger partial charge on any atom is -0.381 e. The van der Waals surface area contributed by atoms with E-state index < -0.39 is 5.41 Å². The summed E-state index contributed by atoms with van der Waals surface area (Å²) >= 11 is 0. The minimum atomic E-state index is -0.506. The van der Waals surface area contributed by atoms with Crippen LogP contribution in [0.2, 0.25) is 0 Å². The maximum Gasteiger partial charge on any atom is 0.228 e. The summed E-state index contributed by atoms with van der Waals surface area (Å²) in [4.78, 5) is 13.9. The topological polar surface area (TPSA) is 91.4 Å². The number of hydrogen-bond acceptors (Lipinski definition) is 3. The first-order valence-corrected chi connectivity index (χ1v) is 6.22. The van der Waals surface area contributed by atoms with Crippen LogP contribution in [0.15, 0.2) is 0 Å². The molecule has 1 rings (SSSR count). The van der Waals surface area contributed by atoms with E-state index >= 15 is 0 Å². The van der Waals surface area contributed by atoms with Crippen LogP contribution in [0.5, 0.6) is 0 Å². The third-order valence-electron chi connectivity index (χ3n) is 3.34. The molecular weight excluding hydrogens is 232 g/mol. The van der Waals surface area contributed by atoms with Crippen molar-refractivity contribution in [3.05, 3.63) is 6.92 Å². The first kappa shape index (κ1) is 14.8. The van der Waals surface area contributed by atoms with Crippen LogP contribution in [0.3, 0.4) is 0 Å². The number of carbonyl (C=O) groups excluding carboxylic acids is 1. The summed E-state index contributed by atoms with van der Waals surface area (Å²) in [5.41, 5.74) is 4.94. The van der Waals surface area contributed by atoms with Gasteiger partial charge in [-0.05, 0) is 19.3 Å². The first-order chi connectivity index (χ1) is 8.52. The Kier molecular flexibility index (Phi) is 5.40. The van der Waals surface area contributed by atoms with E-state index in [4.69, 9.17) is 15.9 Å². The van der Waals surface area contributed by atoms with Crippen molar-refractivity contribution >= 4 is 11.9 Å². The first-order valence-electron chi connectivity index (χ1n) is 6.22. The van der Waals surface area contributed by atoms with E-state index in [1.54, 1.807) is 11.9 Å². The number of carbonyl (C=O) groups is 1. The second-order valence-electron chi connectivity index (χ2n) is 4.74. The summed E-state index contributed by atoms with van der Waals surface area (Å²) < 4.78 is 5.33. The largest absolute Gasteiger partial charge is 0.381 e. The zero-order chi connectivity index (χ0) is 13.6. The number of ether oxygens (including phenoxy) is 1. The van der Waals surface area contributed by atoms with Crippen LogP contribution in [-0.2, 0) is 9.53 Å². The minimum absolute atomic E-state index is 0.0163. The molecule has 1 saturated heterocycles. The maximum atomic E-state index is 12.3. The van der Waals surface area contributed by atoms with E-state index in [1.807, 2.05) is 0 Å². The number of amides is 1. The lowest BCUT2D eigenvalue weighted by Crippen LogP contribution is -2.52. The lowest BCUT2D eigenvalue weighted by molar-refractivity contribution is -0.137. The summed E-state index contributed by atoms with van der Waals surface area (Å²) in [7, 11) is 1.73. The van der Waals surface area contributed by atoms with Crippen LogP contribution in [-0.4, -0.2) is 50.1 Å². The number of nitrogens with two attached hydrogens (primary N) is 1. The Hall–Kier alpha value is -1.30. The Morgan fingerprint density at radius 1 is 1.56 bits per heavy atom. The molecule has 1 radical (unpaired) electrons. The average Bonchev–Trinajstić information content (AvgIpc) is 2.36. The number of hydrogen-bond donors (Lipinski definition) is 3. The molecule has 103 valence electrons. The quantitative estimate of drug-likeness (QED) is 0.474. The highest BCUT2D eigenvalue weighted by atomic mass is 16.5. The van der Waals surface area contributed by atoms with Crippen molar-refractivity contribution in [3.63, 3.8) is 0 Å². The van der Waals surface area contributed by atoms with Gasteiger partial charge in [0.2, 0.25) is 5.91 Å². The Labute approximate surface area is 108 Å². The highest BCUT2D eigenvalue weighted by molar-refractivity contribution is 5.84. The molecule has 1 aliphatic rings. The monoisotopic (exact) mass is 255 g/mol. The van der Waals surface area contributed by atoms with Gasteiger partial charge >= 0.3 is 0 Å². The van der Waals surface area contributed by atoms with Gasteiger partial charge in [0.05, 0.1) is 5.41 Å². The number of nitrogens with zero attached hydrogens (tertiary/aromatic N) is 1. The molecule has 0 unspecified atom stereocenters. The molecule has 0 aromatic carbocycles. The molecule has 0 atom stereocenters. The van der Waals surface area contributed by atoms with Gasteiger partial charge in [-0.1, -0.05) is 6.92 Å². The van der Waals surface area contributed by atoms with E-state index in [0.29, 0.717) is 45.6 Å². The zero-order valence-corrected chi connectivity index (χ0v) is 11.0. The van der Waals surface area contributed by atoms with Crippen molar-refractivity contribution in [2.75, 3.05) is 33.4 Å². The molecule has 1 fully saturated rings. The molecule has 0 bridgehead atoms. The van der Waals surface area contributed by atoms with E-state index in [-0.39, 0.29) is 11.9 Å². The van der Waals surface area contributed by atoms with E-state index in [9.17, 15) is 4.79 Å². The summed E-state index contributed by atoms with van der Waals surface area (Å²) in [6.45, 7) is 5.88. The van der Waals surface area contributed by atoms with Gasteiger partial charge in [0.15, 0.2) is 5.96 Å². The summed E-state index contributed by atoms with van der Waals surface area (Å²) in [5, 5.41) is 10.3. The van der Waals surface area contributed by atoms with Crippen molar-refractivity contribution in [1.82, 2.24) is 10.2 Å². The van der Waals surface area contributed by atoms with Crippen LogP contribution in [0.1, 0.15) is 19.3 Å². The Balaban J connectivity index is 2.74. The number of rotatable bonds is 5. The molecular formula is C12H23N4O2. The van der Waals surface area contributed by atoms with E-state index in [0.717, 1.165) is 0 Å². The Morgan fingerprint density at radius 2 is 2.17 bits per heavy atom. The van der Waals surface area contributed by atoms with Crippen LogP contribution in [0.4, 0.5) is 0 Å². The van der Waals surface area contributed by atoms with Crippen molar-refractivity contribution in [2.45, 2.75) is 19.3 Å². The van der Waals surface area contributed by atoms with Gasteiger partial charge in [-0.25, -0.2) is 0 Å². The SMILES string of the molecule is [CH2]CCNC(=O)C1(CN(C)C(=N)N)CCOCC1. The Morgan fingerprint density at radius 3 is 2.67 bits per heavy atom. The molecule has 0 aromatic rings. The third kappa shape index (κ3) is 3.60. The predicted molar refractivity (Wildman–Crippen MR) is 70.0 cm³/mol. The second-order valence-corrected chi connectivity index (χ2v) is 4.74.